The molecule has 38 heavy (non-hydrogen) atoms. The van der Waals surface area contributed by atoms with Crippen molar-refractivity contribution in [2.24, 2.45) is 5.92 Å². The lowest BCUT2D eigenvalue weighted by atomic mass is 9.97. The van der Waals surface area contributed by atoms with E-state index in [1.54, 1.807) is 52.8 Å². The minimum atomic E-state index is -1.25. The Morgan fingerprint density at radius 2 is 1.66 bits per heavy atom. The summed E-state index contributed by atoms with van der Waals surface area (Å²) >= 11 is 0. The molecule has 0 saturated carbocycles. The average molecular weight is 536 g/mol. The van der Waals surface area contributed by atoms with Crippen LogP contribution in [0.2, 0.25) is 0 Å². The molecule has 0 aliphatic carbocycles. The van der Waals surface area contributed by atoms with E-state index in [-0.39, 0.29) is 23.8 Å². The monoisotopic (exact) mass is 535 g/mol. The van der Waals surface area contributed by atoms with Crippen LogP contribution in [0.25, 0.3) is 0 Å². The molecule has 0 spiro atoms. The van der Waals surface area contributed by atoms with Gasteiger partial charge in [-0.1, -0.05) is 64.7 Å². The summed E-state index contributed by atoms with van der Waals surface area (Å²) in [7, 11) is 1.21. The smallest absolute Gasteiger partial charge is 0.408 e. The van der Waals surface area contributed by atoms with Crippen molar-refractivity contribution < 1.29 is 33.8 Å². The predicted octanol–water partition coefficient (Wildman–Crippen LogP) is 4.07. The predicted molar refractivity (Wildman–Crippen MR) is 144 cm³/mol. The highest BCUT2D eigenvalue weighted by Crippen LogP contribution is 2.30. The van der Waals surface area contributed by atoms with E-state index in [2.05, 4.69) is 22.3 Å². The van der Waals surface area contributed by atoms with Gasteiger partial charge in [-0.05, 0) is 39.2 Å². The molecule has 214 valence electrons. The number of hydrogen-bond acceptors (Lipinski definition) is 7. The van der Waals surface area contributed by atoms with Crippen molar-refractivity contribution in [3.8, 4) is 5.75 Å². The fourth-order valence-corrected chi connectivity index (χ4v) is 3.88. The Balaban J connectivity index is 3.46. The van der Waals surface area contributed by atoms with Gasteiger partial charge in [0.15, 0.2) is 0 Å². The van der Waals surface area contributed by atoms with Gasteiger partial charge in [0, 0.05) is 12.1 Å². The summed E-state index contributed by atoms with van der Waals surface area (Å²) in [6, 6.07) is 4.00. The van der Waals surface area contributed by atoms with E-state index in [0.717, 1.165) is 25.7 Å². The molecule has 10 heteroatoms. The number of carbonyl (C=O) groups is 4. The highest BCUT2D eigenvalue weighted by atomic mass is 16.6. The molecule has 0 fully saturated rings. The molecule has 1 aromatic carbocycles. The number of nitrogens with one attached hydrogen (secondary N) is 2. The molecule has 3 N–H and O–H groups in total. The minimum absolute atomic E-state index is 0.171. The lowest BCUT2D eigenvalue weighted by Gasteiger charge is -2.35. The van der Waals surface area contributed by atoms with Crippen LogP contribution in [-0.2, 0) is 23.9 Å². The number of nitrogens with zero attached hydrogens (tertiary/aromatic N) is 1. The van der Waals surface area contributed by atoms with E-state index in [0.29, 0.717) is 6.42 Å². The van der Waals surface area contributed by atoms with Crippen LogP contribution in [0, 0.1) is 5.92 Å². The zero-order valence-electron chi connectivity index (χ0n) is 23.8. The van der Waals surface area contributed by atoms with Crippen LogP contribution in [-0.4, -0.2) is 65.7 Å². The molecule has 0 heterocycles. The van der Waals surface area contributed by atoms with Gasteiger partial charge in [-0.25, -0.2) is 4.79 Å². The SMILES string of the molecule is CCCCCCCN(C(=O)C(NC(=O)OC(C)(C)C)C(C)C)C(C(=O)NCC(=O)OC)c1ccccc1O. The molecule has 0 aliphatic rings. The van der Waals surface area contributed by atoms with Gasteiger partial charge in [0.2, 0.25) is 11.8 Å². The fourth-order valence-electron chi connectivity index (χ4n) is 3.88. The number of carbonyl (C=O) groups excluding carboxylic acids is 4. The summed E-state index contributed by atoms with van der Waals surface area (Å²) in [6.45, 7) is 10.6. The number of amides is 3. The van der Waals surface area contributed by atoms with Crippen molar-refractivity contribution in [1.82, 2.24) is 15.5 Å². The number of esters is 1. The quantitative estimate of drug-likeness (QED) is 0.241. The number of para-hydroxylation sites is 1. The summed E-state index contributed by atoms with van der Waals surface area (Å²) in [6.07, 6.45) is 3.76. The highest BCUT2D eigenvalue weighted by Gasteiger charge is 2.38. The molecule has 1 aromatic rings. The third-order valence-electron chi connectivity index (χ3n) is 5.82. The van der Waals surface area contributed by atoms with Gasteiger partial charge in [-0.2, -0.15) is 0 Å². The average Bonchev–Trinajstić information content (AvgIpc) is 2.84. The second-order valence-corrected chi connectivity index (χ2v) is 10.6. The number of hydrogen-bond donors (Lipinski definition) is 3. The van der Waals surface area contributed by atoms with Crippen LogP contribution < -0.4 is 10.6 Å². The Hall–Kier alpha value is -3.30. The molecular formula is C28H45N3O7. The third-order valence-corrected chi connectivity index (χ3v) is 5.82. The zero-order valence-corrected chi connectivity index (χ0v) is 23.8. The summed E-state index contributed by atoms with van der Waals surface area (Å²) in [4.78, 5) is 53.2. The molecule has 2 unspecified atom stereocenters. The number of rotatable bonds is 14. The Kier molecular flexibility index (Phi) is 13.6. The maximum absolute atomic E-state index is 14.0. The van der Waals surface area contributed by atoms with Gasteiger partial charge in [-0.15, -0.1) is 0 Å². The molecule has 1 rings (SSSR count). The Morgan fingerprint density at radius 3 is 2.21 bits per heavy atom. The lowest BCUT2D eigenvalue weighted by Crippen LogP contribution is -2.55. The minimum Gasteiger partial charge on any atom is -0.508 e. The first kappa shape index (κ1) is 32.7. The summed E-state index contributed by atoms with van der Waals surface area (Å²) in [5, 5.41) is 15.8. The van der Waals surface area contributed by atoms with E-state index < -0.39 is 48.1 Å². The molecule has 0 radical (unpaired) electrons. The van der Waals surface area contributed by atoms with E-state index in [4.69, 9.17) is 4.74 Å². The summed E-state index contributed by atoms with van der Waals surface area (Å²) < 4.78 is 10.00. The summed E-state index contributed by atoms with van der Waals surface area (Å²) in [5.74, 6) is -2.31. The van der Waals surface area contributed by atoms with Crippen molar-refractivity contribution in [1.29, 1.82) is 0 Å². The zero-order chi connectivity index (χ0) is 28.9. The molecule has 0 saturated heterocycles. The molecule has 0 bridgehead atoms. The van der Waals surface area contributed by atoms with Gasteiger partial charge in [0.05, 0.1) is 7.11 Å². The number of phenols is 1. The molecule has 0 aliphatic heterocycles. The summed E-state index contributed by atoms with van der Waals surface area (Å²) in [5.41, 5.74) is -0.559. The van der Waals surface area contributed by atoms with Crippen molar-refractivity contribution >= 4 is 23.9 Å². The molecule has 3 amide bonds. The van der Waals surface area contributed by atoms with E-state index in [1.807, 2.05) is 0 Å². The van der Waals surface area contributed by atoms with Crippen molar-refractivity contribution in [3.63, 3.8) is 0 Å². The normalized spacial score (nSPS) is 12.8. The van der Waals surface area contributed by atoms with Crippen molar-refractivity contribution in [2.45, 2.75) is 91.3 Å². The Bertz CT molecular complexity index is 927. The third kappa shape index (κ3) is 11.0. The van der Waals surface area contributed by atoms with Gasteiger partial charge >= 0.3 is 12.1 Å². The largest absolute Gasteiger partial charge is 0.508 e. The second-order valence-electron chi connectivity index (χ2n) is 10.6. The van der Waals surface area contributed by atoms with E-state index in [9.17, 15) is 24.3 Å². The molecule has 0 aromatic heterocycles. The lowest BCUT2D eigenvalue weighted by molar-refractivity contribution is -0.145. The van der Waals surface area contributed by atoms with Gasteiger partial charge in [0.25, 0.3) is 0 Å². The first-order valence-corrected chi connectivity index (χ1v) is 13.2. The number of benzene rings is 1. The maximum atomic E-state index is 14.0. The number of alkyl carbamates (subject to hydrolysis) is 1. The topological polar surface area (TPSA) is 134 Å². The molecule has 2 atom stereocenters. The standard InChI is InChI=1S/C28H45N3O7/c1-8-9-10-11-14-17-31(26(35)23(19(2)3)30-27(36)38-28(4,5)6)24(20-15-12-13-16-21(20)32)25(34)29-18-22(33)37-7/h12-13,15-16,19,23-24,32H,8-11,14,17-18H2,1-7H3,(H,29,34)(H,30,36). The maximum Gasteiger partial charge on any atom is 0.408 e. The number of unbranched alkanes of at least 4 members (excludes halogenated alkanes) is 4. The van der Waals surface area contributed by atoms with Gasteiger partial charge < -0.3 is 30.1 Å². The number of ether oxygens (including phenoxy) is 2. The second kappa shape index (κ2) is 15.8. The highest BCUT2D eigenvalue weighted by molar-refractivity contribution is 5.93. The Labute approximate surface area is 226 Å². The van der Waals surface area contributed by atoms with Gasteiger partial charge in [0.1, 0.15) is 30.0 Å². The number of phenolic OH excluding ortho intramolecular Hbond substituents is 1. The molecular weight excluding hydrogens is 490 g/mol. The van der Waals surface area contributed by atoms with Crippen molar-refractivity contribution in [2.75, 3.05) is 20.2 Å². The Morgan fingerprint density at radius 1 is 1.03 bits per heavy atom. The van der Waals surface area contributed by atoms with E-state index >= 15 is 0 Å². The molecule has 10 nitrogen and oxygen atoms in total. The van der Waals surface area contributed by atoms with Crippen LogP contribution in [0.1, 0.15) is 85.3 Å². The number of methoxy groups -OCH3 is 1. The van der Waals surface area contributed by atoms with Crippen molar-refractivity contribution in [3.05, 3.63) is 29.8 Å². The van der Waals surface area contributed by atoms with E-state index in [1.165, 1.54) is 18.1 Å². The van der Waals surface area contributed by atoms with Crippen LogP contribution >= 0.6 is 0 Å². The first-order chi connectivity index (χ1) is 17.8. The number of aromatic hydroxyl groups is 1. The van der Waals surface area contributed by atoms with Gasteiger partial charge in [-0.3, -0.25) is 14.4 Å². The van der Waals surface area contributed by atoms with Crippen LogP contribution in [0.3, 0.4) is 0 Å². The van der Waals surface area contributed by atoms with Crippen LogP contribution in [0.5, 0.6) is 5.75 Å². The van der Waals surface area contributed by atoms with Crippen LogP contribution in [0.4, 0.5) is 4.79 Å². The van der Waals surface area contributed by atoms with Crippen LogP contribution in [0.15, 0.2) is 24.3 Å². The first-order valence-electron chi connectivity index (χ1n) is 13.2. The fraction of sp³-hybridized carbons (Fsp3) is 0.643.